The summed E-state index contributed by atoms with van der Waals surface area (Å²) in [6, 6.07) is 0. The van der Waals surface area contributed by atoms with Gasteiger partial charge in [-0.25, -0.2) is 0 Å². The van der Waals surface area contributed by atoms with Gasteiger partial charge >= 0.3 is 5.97 Å². The van der Waals surface area contributed by atoms with Gasteiger partial charge in [0.1, 0.15) is 0 Å². The van der Waals surface area contributed by atoms with Crippen LogP contribution >= 0.6 is 0 Å². The molecular formula is C11H20N4O4S. The molecule has 0 saturated carbocycles. The van der Waals surface area contributed by atoms with Crippen molar-refractivity contribution in [2.24, 2.45) is 7.05 Å². The van der Waals surface area contributed by atoms with Crippen LogP contribution < -0.4 is 0 Å². The van der Waals surface area contributed by atoms with Crippen LogP contribution in [-0.4, -0.2) is 60.5 Å². The second-order valence-electron chi connectivity index (χ2n) is 4.43. The molecule has 114 valence electrons. The average molecular weight is 304 g/mol. The Morgan fingerprint density at radius 3 is 2.55 bits per heavy atom. The maximum atomic E-state index is 12.2. The molecule has 9 heteroatoms. The number of carbonyl (C=O) groups excluding carboxylic acids is 1. The molecule has 8 nitrogen and oxygen atoms in total. The summed E-state index contributed by atoms with van der Waals surface area (Å²) in [7, 11) is 2.34. The van der Waals surface area contributed by atoms with Crippen LogP contribution in [0.3, 0.4) is 0 Å². The summed E-state index contributed by atoms with van der Waals surface area (Å²) in [5, 5.41) is 3.99. The summed E-state index contributed by atoms with van der Waals surface area (Å²) < 4.78 is 32.9. The molecule has 1 heterocycles. The van der Waals surface area contributed by atoms with Crippen LogP contribution in [0.1, 0.15) is 12.0 Å². The first-order valence-corrected chi connectivity index (χ1v) is 7.39. The molecule has 1 aromatic heterocycles. The quantitative estimate of drug-likeness (QED) is 0.639. The Labute approximate surface area is 119 Å². The third-order valence-corrected chi connectivity index (χ3v) is 4.70. The summed E-state index contributed by atoms with van der Waals surface area (Å²) >= 11 is 0. The molecule has 0 saturated heterocycles. The molecule has 0 fully saturated rings. The van der Waals surface area contributed by atoms with Crippen molar-refractivity contribution in [1.29, 1.82) is 0 Å². The predicted octanol–water partition coefficient (Wildman–Crippen LogP) is -0.408. The number of aryl methyl sites for hydroxylation is 1. The first-order valence-electron chi connectivity index (χ1n) is 5.99. The maximum absolute atomic E-state index is 12.2. The number of hydrogen-bond donors (Lipinski definition) is 0. The van der Waals surface area contributed by atoms with Gasteiger partial charge in [-0.05, 0) is 0 Å². The molecule has 1 aromatic rings. The van der Waals surface area contributed by atoms with Crippen molar-refractivity contribution in [2.45, 2.75) is 13.0 Å². The van der Waals surface area contributed by atoms with Gasteiger partial charge in [-0.15, -0.1) is 0 Å². The van der Waals surface area contributed by atoms with E-state index in [1.807, 2.05) is 0 Å². The molecule has 0 aliphatic rings. The third-order valence-electron chi connectivity index (χ3n) is 2.81. The average Bonchev–Trinajstić information content (AvgIpc) is 2.80. The summed E-state index contributed by atoms with van der Waals surface area (Å²) in [5.74, 6) is -0.443. The van der Waals surface area contributed by atoms with E-state index in [4.69, 9.17) is 0 Å². The number of methoxy groups -OCH3 is 1. The fourth-order valence-corrected chi connectivity index (χ4v) is 2.71. The van der Waals surface area contributed by atoms with Crippen molar-refractivity contribution in [1.82, 2.24) is 18.4 Å². The lowest BCUT2D eigenvalue weighted by Crippen LogP contribution is -2.40. The van der Waals surface area contributed by atoms with E-state index in [1.54, 1.807) is 24.1 Å². The molecule has 0 aromatic carbocycles. The second-order valence-corrected chi connectivity index (χ2v) is 6.58. The fourth-order valence-electron chi connectivity index (χ4n) is 1.60. The summed E-state index contributed by atoms with van der Waals surface area (Å²) in [5.41, 5.74) is 0.792. The smallest absolute Gasteiger partial charge is 0.306 e. The van der Waals surface area contributed by atoms with Crippen LogP contribution in [0.2, 0.25) is 0 Å². The largest absolute Gasteiger partial charge is 0.469 e. The zero-order valence-electron chi connectivity index (χ0n) is 12.1. The maximum Gasteiger partial charge on any atom is 0.306 e. The molecule has 0 unspecified atom stereocenters. The van der Waals surface area contributed by atoms with E-state index < -0.39 is 16.2 Å². The van der Waals surface area contributed by atoms with Gasteiger partial charge < -0.3 is 4.74 Å². The summed E-state index contributed by atoms with van der Waals surface area (Å²) in [6.45, 7) is 0.297. The minimum Gasteiger partial charge on any atom is -0.469 e. The monoisotopic (exact) mass is 304 g/mol. The van der Waals surface area contributed by atoms with Crippen molar-refractivity contribution in [3.8, 4) is 0 Å². The Bertz CT molecular complexity index is 555. The number of ether oxygens (including phenoxy) is 1. The van der Waals surface area contributed by atoms with Crippen LogP contribution in [0.25, 0.3) is 0 Å². The molecule has 0 radical (unpaired) electrons. The summed E-state index contributed by atoms with van der Waals surface area (Å²) in [4.78, 5) is 11.0. The van der Waals surface area contributed by atoms with Crippen molar-refractivity contribution in [2.75, 3.05) is 27.7 Å². The van der Waals surface area contributed by atoms with Crippen molar-refractivity contribution < 1.29 is 17.9 Å². The molecule has 0 aliphatic carbocycles. The van der Waals surface area contributed by atoms with Gasteiger partial charge in [0, 0.05) is 46.0 Å². The van der Waals surface area contributed by atoms with Crippen LogP contribution in [0.4, 0.5) is 0 Å². The molecule has 1 rings (SSSR count). The lowest BCUT2D eigenvalue weighted by molar-refractivity contribution is -0.140. The Morgan fingerprint density at radius 1 is 1.40 bits per heavy atom. The van der Waals surface area contributed by atoms with E-state index >= 15 is 0 Å². The van der Waals surface area contributed by atoms with Crippen molar-refractivity contribution >= 4 is 16.2 Å². The molecular weight excluding hydrogens is 284 g/mol. The number of esters is 1. The zero-order valence-corrected chi connectivity index (χ0v) is 12.9. The minimum atomic E-state index is -3.61. The van der Waals surface area contributed by atoms with E-state index in [9.17, 15) is 13.2 Å². The predicted molar refractivity (Wildman–Crippen MR) is 72.9 cm³/mol. The third kappa shape index (κ3) is 4.29. The highest BCUT2D eigenvalue weighted by Gasteiger charge is 2.24. The highest BCUT2D eigenvalue weighted by Crippen LogP contribution is 2.10. The Kier molecular flexibility index (Phi) is 5.66. The molecule has 0 atom stereocenters. The van der Waals surface area contributed by atoms with Gasteiger partial charge in [0.15, 0.2) is 0 Å². The van der Waals surface area contributed by atoms with Gasteiger partial charge in [0.2, 0.25) is 0 Å². The van der Waals surface area contributed by atoms with Crippen LogP contribution in [0, 0.1) is 0 Å². The first-order chi connectivity index (χ1) is 9.27. The van der Waals surface area contributed by atoms with Crippen LogP contribution in [-0.2, 0) is 33.3 Å². The highest BCUT2D eigenvalue weighted by atomic mass is 32.2. The number of rotatable bonds is 7. The van der Waals surface area contributed by atoms with Crippen molar-refractivity contribution in [3.63, 3.8) is 0 Å². The number of hydrogen-bond acceptors (Lipinski definition) is 5. The van der Waals surface area contributed by atoms with Gasteiger partial charge in [0.25, 0.3) is 10.2 Å². The number of carbonyl (C=O) groups is 1. The van der Waals surface area contributed by atoms with E-state index in [-0.39, 0.29) is 19.5 Å². The fraction of sp³-hybridized carbons (Fsp3) is 0.636. The van der Waals surface area contributed by atoms with Gasteiger partial charge in [-0.3, -0.25) is 9.48 Å². The Hall–Kier alpha value is -1.45. The SMILES string of the molecule is COC(=O)CCN(C)S(=O)(=O)N(C)Cc1cnn(C)c1. The minimum absolute atomic E-state index is 0.0208. The lowest BCUT2D eigenvalue weighted by Gasteiger charge is -2.23. The lowest BCUT2D eigenvalue weighted by atomic mass is 10.4. The standard InChI is InChI=1S/C11H20N4O4S/c1-13-8-10(7-12-13)9-15(3)20(17,18)14(2)6-5-11(16)19-4/h7-8H,5-6,9H2,1-4H3. The molecule has 0 amide bonds. The van der Waals surface area contributed by atoms with Gasteiger partial charge in [0.05, 0.1) is 19.7 Å². The number of nitrogens with zero attached hydrogens (tertiary/aromatic N) is 4. The van der Waals surface area contributed by atoms with E-state index in [2.05, 4.69) is 9.84 Å². The van der Waals surface area contributed by atoms with Gasteiger partial charge in [-0.2, -0.15) is 22.1 Å². The summed E-state index contributed by atoms with van der Waals surface area (Å²) in [6.07, 6.45) is 3.38. The molecule has 0 aliphatic heterocycles. The molecule has 20 heavy (non-hydrogen) atoms. The highest BCUT2D eigenvalue weighted by molar-refractivity contribution is 7.86. The topological polar surface area (TPSA) is 84.7 Å². The zero-order chi connectivity index (χ0) is 15.3. The van der Waals surface area contributed by atoms with E-state index in [1.165, 1.54) is 25.5 Å². The Balaban J connectivity index is 2.64. The Morgan fingerprint density at radius 2 is 2.05 bits per heavy atom. The molecule has 0 spiro atoms. The molecule has 0 N–H and O–H groups in total. The van der Waals surface area contributed by atoms with E-state index in [0.29, 0.717) is 0 Å². The van der Waals surface area contributed by atoms with E-state index in [0.717, 1.165) is 9.87 Å². The van der Waals surface area contributed by atoms with Crippen LogP contribution in [0.5, 0.6) is 0 Å². The van der Waals surface area contributed by atoms with Crippen molar-refractivity contribution in [3.05, 3.63) is 18.0 Å². The molecule has 0 bridgehead atoms. The first kappa shape index (κ1) is 16.6. The normalized spacial score (nSPS) is 12.1. The van der Waals surface area contributed by atoms with Crippen LogP contribution in [0.15, 0.2) is 12.4 Å². The number of aromatic nitrogens is 2. The second kappa shape index (κ2) is 6.82. The van der Waals surface area contributed by atoms with Gasteiger partial charge in [-0.1, -0.05) is 0 Å².